The van der Waals surface area contributed by atoms with Gasteiger partial charge >= 0.3 is 0 Å². The number of benzene rings is 1. The Morgan fingerprint density at radius 1 is 0.719 bits per heavy atom. The van der Waals surface area contributed by atoms with Crippen LogP contribution in [0.2, 0.25) is 0 Å². The van der Waals surface area contributed by atoms with Crippen LogP contribution >= 0.6 is 0 Å². The number of nitrogens with zero attached hydrogens (tertiary/aromatic N) is 6. The first-order chi connectivity index (χ1) is 15.8. The van der Waals surface area contributed by atoms with Crippen LogP contribution in [0.5, 0.6) is 5.75 Å². The van der Waals surface area contributed by atoms with Gasteiger partial charge in [0.1, 0.15) is 17.4 Å². The zero-order valence-corrected chi connectivity index (χ0v) is 18.5. The molecule has 1 N–H and O–H groups in total. The number of hydrogen-bond donors (Lipinski definition) is 1. The highest BCUT2D eigenvalue weighted by molar-refractivity contribution is 5.56. The summed E-state index contributed by atoms with van der Waals surface area (Å²) in [5, 5.41) is 10.1. The van der Waals surface area contributed by atoms with Gasteiger partial charge in [0.15, 0.2) is 0 Å². The SMILES string of the molecule is Oc1ccccc1CN1CCN(c2cc(N3CCOCC3)nc(N3CCOCC3)n2)CC1. The van der Waals surface area contributed by atoms with Crippen LogP contribution in [0.15, 0.2) is 30.3 Å². The Balaban J connectivity index is 1.31. The Bertz CT molecular complexity index is 857. The van der Waals surface area contributed by atoms with Crippen molar-refractivity contribution in [2.45, 2.75) is 6.54 Å². The Morgan fingerprint density at radius 3 is 1.91 bits per heavy atom. The second-order valence-electron chi connectivity index (χ2n) is 8.48. The fraction of sp³-hybridized carbons (Fsp3) is 0.565. The minimum absolute atomic E-state index is 0.371. The number of aromatic hydroxyl groups is 1. The molecule has 0 aliphatic carbocycles. The van der Waals surface area contributed by atoms with E-state index in [0.717, 1.165) is 95.3 Å². The summed E-state index contributed by atoms with van der Waals surface area (Å²) < 4.78 is 11.1. The van der Waals surface area contributed by atoms with Crippen molar-refractivity contribution in [3.63, 3.8) is 0 Å². The van der Waals surface area contributed by atoms with Gasteiger partial charge in [0, 0.05) is 70.5 Å². The van der Waals surface area contributed by atoms with Gasteiger partial charge in [-0.25, -0.2) is 0 Å². The standard InChI is InChI=1S/C23H32N6O3/c30-20-4-2-1-3-19(20)18-26-5-7-27(8-6-26)21-17-22(28-9-13-31-14-10-28)25-23(24-21)29-11-15-32-16-12-29/h1-4,17,30H,5-16,18H2. The highest BCUT2D eigenvalue weighted by Gasteiger charge is 2.24. The number of aromatic nitrogens is 2. The highest BCUT2D eigenvalue weighted by atomic mass is 16.5. The third kappa shape index (κ3) is 4.90. The summed E-state index contributed by atoms with van der Waals surface area (Å²) >= 11 is 0. The van der Waals surface area contributed by atoms with Crippen LogP contribution in [0.4, 0.5) is 17.6 Å². The van der Waals surface area contributed by atoms with Crippen LogP contribution < -0.4 is 14.7 Å². The van der Waals surface area contributed by atoms with Crippen LogP contribution in [-0.4, -0.2) is 98.8 Å². The summed E-state index contributed by atoms with van der Waals surface area (Å²) in [6.45, 7) is 10.7. The van der Waals surface area contributed by atoms with Crippen molar-refractivity contribution >= 4 is 17.6 Å². The summed E-state index contributed by atoms with van der Waals surface area (Å²) in [5.74, 6) is 3.14. The molecule has 5 rings (SSSR count). The summed E-state index contributed by atoms with van der Waals surface area (Å²) in [6, 6.07) is 9.73. The third-order valence-corrected chi connectivity index (χ3v) is 6.40. The number of morpholine rings is 2. The molecular weight excluding hydrogens is 408 g/mol. The minimum Gasteiger partial charge on any atom is -0.508 e. The summed E-state index contributed by atoms with van der Waals surface area (Å²) in [5.41, 5.74) is 0.979. The number of piperazine rings is 1. The van der Waals surface area contributed by atoms with Gasteiger partial charge in [-0.2, -0.15) is 9.97 Å². The molecule has 32 heavy (non-hydrogen) atoms. The molecular formula is C23H32N6O3. The Labute approximate surface area is 189 Å². The van der Waals surface area contributed by atoms with Gasteiger partial charge in [-0.05, 0) is 6.07 Å². The number of phenolic OH excluding ortho intramolecular Hbond substituents is 1. The number of rotatable bonds is 5. The smallest absolute Gasteiger partial charge is 0.229 e. The van der Waals surface area contributed by atoms with E-state index in [0.29, 0.717) is 19.0 Å². The molecule has 3 aliphatic heterocycles. The predicted octanol–water partition coefficient (Wildman–Crippen LogP) is 1.18. The van der Waals surface area contributed by atoms with E-state index in [4.69, 9.17) is 19.4 Å². The fourth-order valence-corrected chi connectivity index (χ4v) is 4.45. The van der Waals surface area contributed by atoms with Crippen LogP contribution in [0.1, 0.15) is 5.56 Å². The van der Waals surface area contributed by atoms with Gasteiger partial charge in [-0.15, -0.1) is 0 Å². The topological polar surface area (TPSA) is 77.4 Å². The highest BCUT2D eigenvalue weighted by Crippen LogP contribution is 2.26. The van der Waals surface area contributed by atoms with E-state index in [1.54, 1.807) is 6.07 Å². The van der Waals surface area contributed by atoms with Gasteiger partial charge in [-0.3, -0.25) is 4.90 Å². The first-order valence-corrected chi connectivity index (χ1v) is 11.5. The Hall–Kier alpha value is -2.62. The lowest BCUT2D eigenvalue weighted by atomic mass is 10.1. The van der Waals surface area contributed by atoms with E-state index in [2.05, 4.69) is 25.7 Å². The second kappa shape index (κ2) is 9.89. The van der Waals surface area contributed by atoms with Gasteiger partial charge < -0.3 is 29.3 Å². The zero-order valence-electron chi connectivity index (χ0n) is 18.5. The quantitative estimate of drug-likeness (QED) is 0.737. The van der Waals surface area contributed by atoms with Gasteiger partial charge in [0.25, 0.3) is 0 Å². The van der Waals surface area contributed by atoms with Crippen molar-refractivity contribution in [2.75, 3.05) is 93.5 Å². The number of para-hydroxylation sites is 1. The fourth-order valence-electron chi connectivity index (χ4n) is 4.45. The Morgan fingerprint density at radius 2 is 1.28 bits per heavy atom. The third-order valence-electron chi connectivity index (χ3n) is 6.40. The molecule has 0 bridgehead atoms. The molecule has 0 unspecified atom stereocenters. The molecule has 9 nitrogen and oxygen atoms in total. The summed E-state index contributed by atoms with van der Waals surface area (Å²) in [7, 11) is 0. The van der Waals surface area contributed by atoms with Crippen molar-refractivity contribution in [1.82, 2.24) is 14.9 Å². The second-order valence-corrected chi connectivity index (χ2v) is 8.48. The number of ether oxygens (including phenoxy) is 2. The largest absolute Gasteiger partial charge is 0.508 e. The maximum Gasteiger partial charge on any atom is 0.229 e. The van der Waals surface area contributed by atoms with Crippen molar-refractivity contribution in [2.24, 2.45) is 0 Å². The van der Waals surface area contributed by atoms with E-state index >= 15 is 0 Å². The molecule has 3 aliphatic rings. The van der Waals surface area contributed by atoms with E-state index in [-0.39, 0.29) is 0 Å². The Kier molecular flexibility index (Phi) is 6.56. The lowest BCUT2D eigenvalue weighted by Crippen LogP contribution is -2.46. The van der Waals surface area contributed by atoms with Crippen molar-refractivity contribution in [1.29, 1.82) is 0 Å². The molecule has 9 heteroatoms. The van der Waals surface area contributed by atoms with E-state index in [1.165, 1.54) is 0 Å². The molecule has 1 aromatic heterocycles. The van der Waals surface area contributed by atoms with Crippen molar-refractivity contribution in [3.05, 3.63) is 35.9 Å². The average Bonchev–Trinajstić information content (AvgIpc) is 2.87. The molecule has 0 amide bonds. The zero-order chi connectivity index (χ0) is 21.8. The first-order valence-electron chi connectivity index (χ1n) is 11.5. The van der Waals surface area contributed by atoms with Gasteiger partial charge in [0.05, 0.1) is 26.4 Å². The molecule has 0 saturated carbocycles. The predicted molar refractivity (Wildman–Crippen MR) is 124 cm³/mol. The molecule has 4 heterocycles. The normalized spacial score (nSPS) is 20.6. The maximum absolute atomic E-state index is 10.1. The molecule has 172 valence electrons. The van der Waals surface area contributed by atoms with E-state index in [9.17, 15) is 5.11 Å². The molecule has 1 aromatic carbocycles. The molecule has 0 radical (unpaired) electrons. The van der Waals surface area contributed by atoms with Crippen LogP contribution in [0.3, 0.4) is 0 Å². The maximum atomic E-state index is 10.1. The van der Waals surface area contributed by atoms with Crippen LogP contribution in [0, 0.1) is 0 Å². The number of hydrogen-bond acceptors (Lipinski definition) is 9. The van der Waals surface area contributed by atoms with Crippen LogP contribution in [0.25, 0.3) is 0 Å². The molecule has 3 saturated heterocycles. The van der Waals surface area contributed by atoms with Crippen LogP contribution in [-0.2, 0) is 16.0 Å². The molecule has 2 aromatic rings. The molecule has 0 spiro atoms. The molecule has 0 atom stereocenters. The van der Waals surface area contributed by atoms with Gasteiger partial charge in [-0.1, -0.05) is 18.2 Å². The number of phenols is 1. The lowest BCUT2D eigenvalue weighted by molar-refractivity contribution is 0.121. The summed E-state index contributed by atoms with van der Waals surface area (Å²) in [6.07, 6.45) is 0. The van der Waals surface area contributed by atoms with E-state index in [1.807, 2.05) is 18.2 Å². The summed E-state index contributed by atoms with van der Waals surface area (Å²) in [4.78, 5) is 19.2. The van der Waals surface area contributed by atoms with E-state index < -0.39 is 0 Å². The molecule has 3 fully saturated rings. The van der Waals surface area contributed by atoms with Crippen molar-refractivity contribution in [3.8, 4) is 5.75 Å². The lowest BCUT2D eigenvalue weighted by Gasteiger charge is -2.37. The van der Waals surface area contributed by atoms with Crippen molar-refractivity contribution < 1.29 is 14.6 Å². The average molecular weight is 441 g/mol. The minimum atomic E-state index is 0.371. The monoisotopic (exact) mass is 440 g/mol. The first kappa shape index (κ1) is 21.2. The van der Waals surface area contributed by atoms with Gasteiger partial charge in [0.2, 0.25) is 5.95 Å². The number of anilines is 3.